The van der Waals surface area contributed by atoms with Gasteiger partial charge in [-0.05, 0) is 35.4 Å². The van der Waals surface area contributed by atoms with Gasteiger partial charge in [-0.15, -0.1) is 0 Å². The highest BCUT2D eigenvalue weighted by atomic mass is 16.5. The lowest BCUT2D eigenvalue weighted by atomic mass is 10.0. The van der Waals surface area contributed by atoms with Crippen LogP contribution in [0.5, 0.6) is 0 Å². The third-order valence-corrected chi connectivity index (χ3v) is 5.37. The van der Waals surface area contributed by atoms with Crippen molar-refractivity contribution in [1.82, 2.24) is 10.3 Å². The van der Waals surface area contributed by atoms with Crippen LogP contribution in [0, 0.1) is 0 Å². The summed E-state index contributed by atoms with van der Waals surface area (Å²) in [5.74, 6) is -0.489. The largest absolute Gasteiger partial charge is 0.394 e. The number of hydrogen-bond donors (Lipinski definition) is 3. The van der Waals surface area contributed by atoms with Crippen molar-refractivity contribution in [3.63, 3.8) is 0 Å². The van der Waals surface area contributed by atoms with Crippen LogP contribution >= 0.6 is 0 Å². The van der Waals surface area contributed by atoms with Gasteiger partial charge in [0.1, 0.15) is 6.10 Å². The number of rotatable bonds is 7. The second-order valence-electron chi connectivity index (χ2n) is 7.71. The van der Waals surface area contributed by atoms with Crippen LogP contribution in [0.1, 0.15) is 16.8 Å². The standard InChI is InChI=1S/C26H25N3O4/c30-17-24-23(29-26(32)20-12-14-27-15-13-20)11-10-22(33-24)16-25(31)28-21-8-6-19(7-9-21)18-4-2-1-3-5-18/h1-15,22-24,30H,16-17H2,(H,28,31)(H,29,32)/t22-,23+,24+/m1/s1. The number of nitrogens with zero attached hydrogens (tertiary/aromatic N) is 1. The van der Waals surface area contributed by atoms with E-state index in [4.69, 9.17) is 4.74 Å². The molecule has 0 radical (unpaired) electrons. The van der Waals surface area contributed by atoms with Crippen LogP contribution in [-0.4, -0.2) is 46.8 Å². The van der Waals surface area contributed by atoms with E-state index < -0.39 is 18.2 Å². The van der Waals surface area contributed by atoms with Crippen LogP contribution in [-0.2, 0) is 9.53 Å². The number of benzene rings is 2. The van der Waals surface area contributed by atoms with Gasteiger partial charge in [0, 0.05) is 23.6 Å². The van der Waals surface area contributed by atoms with Gasteiger partial charge in [-0.3, -0.25) is 14.6 Å². The molecule has 1 aromatic heterocycles. The van der Waals surface area contributed by atoms with Crippen molar-refractivity contribution in [2.75, 3.05) is 11.9 Å². The molecule has 0 saturated carbocycles. The van der Waals surface area contributed by atoms with Gasteiger partial charge in [-0.2, -0.15) is 0 Å². The number of nitrogens with one attached hydrogen (secondary N) is 2. The van der Waals surface area contributed by atoms with Crippen LogP contribution in [0.4, 0.5) is 5.69 Å². The zero-order chi connectivity index (χ0) is 23.0. The maximum Gasteiger partial charge on any atom is 0.251 e. The summed E-state index contributed by atoms with van der Waals surface area (Å²) in [6.07, 6.45) is 5.52. The predicted molar refractivity (Wildman–Crippen MR) is 126 cm³/mol. The fraction of sp³-hybridized carbons (Fsp3) is 0.192. The quantitative estimate of drug-likeness (QED) is 0.487. The van der Waals surface area contributed by atoms with Crippen molar-refractivity contribution < 1.29 is 19.4 Å². The lowest BCUT2D eigenvalue weighted by molar-refractivity contribution is -0.120. The summed E-state index contributed by atoms with van der Waals surface area (Å²) in [4.78, 5) is 28.8. The van der Waals surface area contributed by atoms with Gasteiger partial charge in [0.2, 0.25) is 5.91 Å². The monoisotopic (exact) mass is 443 g/mol. The topological polar surface area (TPSA) is 101 Å². The van der Waals surface area contributed by atoms with E-state index >= 15 is 0 Å². The summed E-state index contributed by atoms with van der Waals surface area (Å²) in [5, 5.41) is 15.4. The first-order chi connectivity index (χ1) is 16.1. The molecule has 0 bridgehead atoms. The van der Waals surface area contributed by atoms with Gasteiger partial charge in [0.05, 0.1) is 25.2 Å². The van der Waals surface area contributed by atoms with E-state index in [1.807, 2.05) is 54.6 Å². The van der Waals surface area contributed by atoms with Gasteiger partial charge in [-0.25, -0.2) is 0 Å². The Labute approximate surface area is 192 Å². The van der Waals surface area contributed by atoms with Crippen molar-refractivity contribution in [1.29, 1.82) is 0 Å². The number of carbonyl (C=O) groups is 2. The molecule has 7 nitrogen and oxygen atoms in total. The van der Waals surface area contributed by atoms with E-state index in [0.717, 1.165) is 11.1 Å². The number of ether oxygens (including phenoxy) is 1. The highest BCUT2D eigenvalue weighted by molar-refractivity contribution is 5.94. The number of aliphatic hydroxyl groups excluding tert-OH is 1. The summed E-state index contributed by atoms with van der Waals surface area (Å²) in [5.41, 5.74) is 3.34. The average molecular weight is 444 g/mol. The molecule has 2 heterocycles. The molecular weight excluding hydrogens is 418 g/mol. The maximum atomic E-state index is 12.5. The summed E-state index contributed by atoms with van der Waals surface area (Å²) in [6.45, 7) is -0.287. The van der Waals surface area contributed by atoms with Gasteiger partial charge in [-0.1, -0.05) is 54.6 Å². The van der Waals surface area contributed by atoms with E-state index in [0.29, 0.717) is 11.3 Å². The highest BCUT2D eigenvalue weighted by Crippen LogP contribution is 2.22. The SMILES string of the molecule is O=C(C[C@H]1C=C[C@H](NC(=O)c2ccncc2)[C@H](CO)O1)Nc1ccc(-c2ccccc2)cc1. The van der Waals surface area contributed by atoms with E-state index in [9.17, 15) is 14.7 Å². The Morgan fingerprint density at radius 1 is 0.909 bits per heavy atom. The van der Waals surface area contributed by atoms with E-state index in [2.05, 4.69) is 15.6 Å². The van der Waals surface area contributed by atoms with Crippen molar-refractivity contribution in [2.45, 2.75) is 24.7 Å². The zero-order valence-electron chi connectivity index (χ0n) is 17.9. The van der Waals surface area contributed by atoms with E-state index in [-0.39, 0.29) is 24.8 Å². The minimum Gasteiger partial charge on any atom is -0.394 e. The Balaban J connectivity index is 1.32. The molecule has 168 valence electrons. The van der Waals surface area contributed by atoms with Crippen LogP contribution in [0.3, 0.4) is 0 Å². The molecule has 0 saturated heterocycles. The Hall–Kier alpha value is -3.81. The second-order valence-corrected chi connectivity index (χ2v) is 7.71. The lowest BCUT2D eigenvalue weighted by Crippen LogP contribution is -2.48. The fourth-order valence-corrected chi connectivity index (χ4v) is 3.65. The zero-order valence-corrected chi connectivity index (χ0v) is 17.9. The number of hydrogen-bond acceptors (Lipinski definition) is 5. The molecule has 3 atom stereocenters. The molecule has 0 unspecified atom stereocenters. The molecule has 3 aromatic rings. The first-order valence-electron chi connectivity index (χ1n) is 10.7. The first-order valence-corrected chi connectivity index (χ1v) is 10.7. The summed E-state index contributed by atoms with van der Waals surface area (Å²) in [6, 6.07) is 20.4. The molecule has 0 spiro atoms. The predicted octanol–water partition coefficient (Wildman–Crippen LogP) is 3.19. The normalized spacial score (nSPS) is 19.6. The number of aliphatic hydroxyl groups is 1. The lowest BCUT2D eigenvalue weighted by Gasteiger charge is -2.31. The van der Waals surface area contributed by atoms with E-state index in [1.165, 1.54) is 12.4 Å². The van der Waals surface area contributed by atoms with Crippen molar-refractivity contribution in [2.24, 2.45) is 0 Å². The highest BCUT2D eigenvalue weighted by Gasteiger charge is 2.29. The molecule has 2 amide bonds. The molecule has 1 aliphatic rings. The molecular formula is C26H25N3O4. The second kappa shape index (κ2) is 10.7. The fourth-order valence-electron chi connectivity index (χ4n) is 3.65. The molecule has 7 heteroatoms. The Bertz CT molecular complexity index is 1100. The number of anilines is 1. The van der Waals surface area contributed by atoms with Crippen molar-refractivity contribution in [3.8, 4) is 11.1 Å². The van der Waals surface area contributed by atoms with Crippen LogP contribution in [0.15, 0.2) is 91.3 Å². The van der Waals surface area contributed by atoms with Crippen LogP contribution < -0.4 is 10.6 Å². The van der Waals surface area contributed by atoms with E-state index in [1.54, 1.807) is 24.3 Å². The minimum atomic E-state index is -0.649. The van der Waals surface area contributed by atoms with Gasteiger partial charge >= 0.3 is 0 Å². The van der Waals surface area contributed by atoms with Gasteiger partial charge in [0.25, 0.3) is 5.91 Å². The molecule has 3 N–H and O–H groups in total. The average Bonchev–Trinajstić information content (AvgIpc) is 2.86. The van der Waals surface area contributed by atoms with Crippen molar-refractivity contribution >= 4 is 17.5 Å². The molecule has 0 fully saturated rings. The van der Waals surface area contributed by atoms with Crippen molar-refractivity contribution in [3.05, 3.63) is 96.8 Å². The molecule has 2 aromatic carbocycles. The van der Waals surface area contributed by atoms with Gasteiger partial charge in [0.15, 0.2) is 0 Å². The third kappa shape index (κ3) is 5.91. The number of aromatic nitrogens is 1. The summed E-state index contributed by atoms with van der Waals surface area (Å²) in [7, 11) is 0. The Kier molecular flexibility index (Phi) is 7.24. The molecule has 0 aliphatic carbocycles. The maximum absolute atomic E-state index is 12.5. The summed E-state index contributed by atoms with van der Waals surface area (Å²) < 4.78 is 5.85. The molecule has 4 rings (SSSR count). The van der Waals surface area contributed by atoms with Crippen LogP contribution in [0.25, 0.3) is 11.1 Å². The van der Waals surface area contributed by atoms with Crippen LogP contribution in [0.2, 0.25) is 0 Å². The number of amides is 2. The molecule has 1 aliphatic heterocycles. The summed E-state index contributed by atoms with van der Waals surface area (Å²) >= 11 is 0. The number of carbonyl (C=O) groups excluding carboxylic acids is 2. The minimum absolute atomic E-state index is 0.0957. The molecule has 33 heavy (non-hydrogen) atoms. The first kappa shape index (κ1) is 22.4. The Morgan fingerprint density at radius 3 is 2.30 bits per heavy atom. The Morgan fingerprint density at radius 2 is 1.61 bits per heavy atom. The third-order valence-electron chi connectivity index (χ3n) is 5.37. The smallest absolute Gasteiger partial charge is 0.251 e. The van der Waals surface area contributed by atoms with Gasteiger partial charge < -0.3 is 20.5 Å². The number of pyridine rings is 1.